The molecule has 0 saturated heterocycles. The van der Waals surface area contributed by atoms with E-state index in [1.807, 2.05) is 36.4 Å². The lowest BCUT2D eigenvalue weighted by atomic mass is 10.2. The number of nitrogen functional groups attached to an aromatic ring is 2. The van der Waals surface area contributed by atoms with E-state index in [1.54, 1.807) is 0 Å². The Hall–Kier alpha value is -1.40. The van der Waals surface area contributed by atoms with E-state index >= 15 is 0 Å². The molecule has 0 aliphatic carbocycles. The molecule has 0 spiro atoms. The molecular weight excluding hydrogens is 436 g/mol. The molecule has 0 aliphatic heterocycles. The second-order valence-electron chi connectivity index (χ2n) is 5.49. The highest BCUT2D eigenvalue weighted by Crippen LogP contribution is 2.28. The zero-order valence-corrected chi connectivity index (χ0v) is 16.6. The Morgan fingerprint density at radius 1 is 0.667 bits per heavy atom. The second-order valence-corrected chi connectivity index (χ2v) is 7.20. The van der Waals surface area contributed by atoms with Crippen LogP contribution in [0.1, 0.15) is 25.7 Å². The smallest absolute Gasteiger partial charge is 0.133 e. The lowest BCUT2D eigenvalue weighted by Crippen LogP contribution is -2.01. The quantitative estimate of drug-likeness (QED) is 0.391. The largest absolute Gasteiger partial charge is 0.492 e. The van der Waals surface area contributed by atoms with Crippen molar-refractivity contribution < 1.29 is 9.47 Å². The number of halogens is 2. The van der Waals surface area contributed by atoms with Gasteiger partial charge in [-0.1, -0.05) is 0 Å². The molecule has 0 unspecified atom stereocenters. The van der Waals surface area contributed by atoms with E-state index in [0.717, 1.165) is 57.5 Å². The van der Waals surface area contributed by atoms with Gasteiger partial charge in [0.05, 0.1) is 22.2 Å². The molecule has 0 fully saturated rings. The Morgan fingerprint density at radius 3 is 1.46 bits per heavy atom. The van der Waals surface area contributed by atoms with Gasteiger partial charge in [0.25, 0.3) is 0 Å². The first-order valence-electron chi connectivity index (χ1n) is 7.92. The molecular formula is C18H22Br2N2O2. The minimum atomic E-state index is 0.701. The molecule has 0 amide bonds. The first kappa shape index (κ1) is 18.9. The fourth-order valence-electron chi connectivity index (χ4n) is 2.19. The third-order valence-electron chi connectivity index (χ3n) is 3.47. The summed E-state index contributed by atoms with van der Waals surface area (Å²) >= 11 is 6.90. The Labute approximate surface area is 159 Å². The third-order valence-corrected chi connectivity index (χ3v) is 4.71. The molecule has 2 rings (SSSR count). The Kier molecular flexibility index (Phi) is 7.72. The molecule has 4 N–H and O–H groups in total. The molecule has 2 aromatic rings. The van der Waals surface area contributed by atoms with Crippen LogP contribution in [0.2, 0.25) is 0 Å². The van der Waals surface area contributed by atoms with Crippen molar-refractivity contribution in [2.45, 2.75) is 25.7 Å². The summed E-state index contributed by atoms with van der Waals surface area (Å²) in [5, 5.41) is 0. The van der Waals surface area contributed by atoms with E-state index in [-0.39, 0.29) is 0 Å². The zero-order valence-electron chi connectivity index (χ0n) is 13.4. The van der Waals surface area contributed by atoms with Gasteiger partial charge < -0.3 is 20.9 Å². The molecule has 0 bridgehead atoms. The van der Waals surface area contributed by atoms with Crippen LogP contribution in [0.3, 0.4) is 0 Å². The summed E-state index contributed by atoms with van der Waals surface area (Å²) in [6, 6.07) is 11.2. The van der Waals surface area contributed by atoms with E-state index in [2.05, 4.69) is 31.9 Å². The highest BCUT2D eigenvalue weighted by molar-refractivity contribution is 9.10. The molecule has 6 heteroatoms. The molecule has 0 radical (unpaired) electrons. The summed E-state index contributed by atoms with van der Waals surface area (Å²) in [7, 11) is 0. The molecule has 4 nitrogen and oxygen atoms in total. The van der Waals surface area contributed by atoms with Gasteiger partial charge in [-0.3, -0.25) is 0 Å². The summed E-state index contributed by atoms with van der Waals surface area (Å²) in [6.45, 7) is 1.40. The van der Waals surface area contributed by atoms with Gasteiger partial charge in [-0.2, -0.15) is 0 Å². The van der Waals surface area contributed by atoms with Gasteiger partial charge in [0.15, 0.2) is 0 Å². The highest BCUT2D eigenvalue weighted by atomic mass is 79.9. The maximum Gasteiger partial charge on any atom is 0.133 e. The fraction of sp³-hybridized carbons (Fsp3) is 0.333. The molecule has 130 valence electrons. The molecule has 0 aliphatic rings. The number of hydrogen-bond donors (Lipinski definition) is 2. The monoisotopic (exact) mass is 456 g/mol. The lowest BCUT2D eigenvalue weighted by molar-refractivity contribution is 0.286. The first-order valence-corrected chi connectivity index (χ1v) is 9.50. The number of ether oxygens (including phenoxy) is 2. The van der Waals surface area contributed by atoms with Crippen LogP contribution < -0.4 is 20.9 Å². The predicted octanol–water partition coefficient (Wildman–Crippen LogP) is 5.39. The van der Waals surface area contributed by atoms with Crippen molar-refractivity contribution >= 4 is 43.2 Å². The predicted molar refractivity (Wildman–Crippen MR) is 107 cm³/mol. The number of nitrogens with two attached hydrogens (primary N) is 2. The summed E-state index contributed by atoms with van der Waals surface area (Å²) in [4.78, 5) is 0. The van der Waals surface area contributed by atoms with Crippen molar-refractivity contribution in [2.75, 3.05) is 24.7 Å². The van der Waals surface area contributed by atoms with Gasteiger partial charge in [-0.15, -0.1) is 0 Å². The topological polar surface area (TPSA) is 70.5 Å². The average molecular weight is 458 g/mol. The van der Waals surface area contributed by atoms with Crippen molar-refractivity contribution in [3.05, 3.63) is 45.3 Å². The van der Waals surface area contributed by atoms with E-state index in [0.29, 0.717) is 13.2 Å². The van der Waals surface area contributed by atoms with Crippen LogP contribution >= 0.6 is 31.9 Å². The molecule has 0 heterocycles. The van der Waals surface area contributed by atoms with Crippen molar-refractivity contribution in [2.24, 2.45) is 0 Å². The van der Waals surface area contributed by atoms with Crippen molar-refractivity contribution in [3.8, 4) is 11.5 Å². The normalized spacial score (nSPS) is 10.6. The second kappa shape index (κ2) is 9.79. The van der Waals surface area contributed by atoms with Gasteiger partial charge in [0.2, 0.25) is 0 Å². The van der Waals surface area contributed by atoms with Gasteiger partial charge >= 0.3 is 0 Å². The Balaban J connectivity index is 1.55. The van der Waals surface area contributed by atoms with Crippen LogP contribution in [0.4, 0.5) is 11.4 Å². The number of benzene rings is 2. The van der Waals surface area contributed by atoms with Crippen molar-refractivity contribution in [1.29, 1.82) is 0 Å². The minimum absolute atomic E-state index is 0.701. The minimum Gasteiger partial charge on any atom is -0.492 e. The Bertz CT molecular complexity index is 608. The van der Waals surface area contributed by atoms with Crippen LogP contribution in [0.5, 0.6) is 11.5 Å². The number of unbranched alkanes of at least 4 members (excludes halogenated alkanes) is 3. The van der Waals surface area contributed by atoms with Crippen LogP contribution in [-0.4, -0.2) is 13.2 Å². The average Bonchev–Trinajstić information content (AvgIpc) is 2.53. The van der Waals surface area contributed by atoms with Crippen LogP contribution in [-0.2, 0) is 0 Å². The molecule has 0 aromatic heterocycles. The number of anilines is 2. The SMILES string of the molecule is Nc1ccc(OCCCCCCOc2ccc(N)cc2Br)c(Br)c1. The van der Waals surface area contributed by atoms with Crippen LogP contribution in [0.15, 0.2) is 45.3 Å². The summed E-state index contributed by atoms with van der Waals surface area (Å²) in [5.41, 5.74) is 12.9. The van der Waals surface area contributed by atoms with Crippen molar-refractivity contribution in [3.63, 3.8) is 0 Å². The van der Waals surface area contributed by atoms with Gasteiger partial charge in [0.1, 0.15) is 11.5 Å². The van der Waals surface area contributed by atoms with E-state index in [4.69, 9.17) is 20.9 Å². The molecule has 2 aromatic carbocycles. The van der Waals surface area contributed by atoms with Crippen LogP contribution in [0, 0.1) is 0 Å². The van der Waals surface area contributed by atoms with E-state index < -0.39 is 0 Å². The van der Waals surface area contributed by atoms with Crippen molar-refractivity contribution in [1.82, 2.24) is 0 Å². The third kappa shape index (κ3) is 6.24. The van der Waals surface area contributed by atoms with Crippen LogP contribution in [0.25, 0.3) is 0 Å². The Morgan fingerprint density at radius 2 is 1.08 bits per heavy atom. The van der Waals surface area contributed by atoms with Gasteiger partial charge in [-0.25, -0.2) is 0 Å². The maximum atomic E-state index is 5.74. The lowest BCUT2D eigenvalue weighted by Gasteiger charge is -2.10. The molecule has 0 saturated carbocycles. The summed E-state index contributed by atoms with van der Waals surface area (Å²) < 4.78 is 13.3. The first-order chi connectivity index (χ1) is 11.6. The number of rotatable bonds is 9. The fourth-order valence-corrected chi connectivity index (χ4v) is 3.21. The van der Waals surface area contributed by atoms with Gasteiger partial charge in [0, 0.05) is 11.4 Å². The van der Waals surface area contributed by atoms with E-state index in [1.165, 1.54) is 0 Å². The highest BCUT2D eigenvalue weighted by Gasteiger charge is 2.02. The molecule has 24 heavy (non-hydrogen) atoms. The zero-order chi connectivity index (χ0) is 17.4. The standard InChI is InChI=1S/C18H22Br2N2O2/c19-15-11-13(21)5-7-17(15)23-9-3-1-2-4-10-24-18-8-6-14(22)12-16(18)20/h5-8,11-12H,1-4,9-10,21-22H2. The maximum absolute atomic E-state index is 5.74. The summed E-state index contributed by atoms with van der Waals surface area (Å²) in [5.74, 6) is 1.67. The summed E-state index contributed by atoms with van der Waals surface area (Å²) in [6.07, 6.45) is 4.25. The van der Waals surface area contributed by atoms with Gasteiger partial charge in [-0.05, 0) is 93.9 Å². The van der Waals surface area contributed by atoms with E-state index in [9.17, 15) is 0 Å². The number of hydrogen-bond acceptors (Lipinski definition) is 4. The molecule has 0 atom stereocenters.